The van der Waals surface area contributed by atoms with E-state index >= 15 is 0 Å². The van der Waals surface area contributed by atoms with Crippen LogP contribution in [0.5, 0.6) is 0 Å². The fraction of sp³-hybridized carbons (Fsp3) is 0.0769. The normalized spacial score (nSPS) is 9.94. The lowest BCUT2D eigenvalue weighted by Gasteiger charge is -2.11. The van der Waals surface area contributed by atoms with Crippen LogP contribution in [0.2, 0.25) is 0 Å². The molecule has 17 heavy (non-hydrogen) atoms. The summed E-state index contributed by atoms with van der Waals surface area (Å²) < 4.78 is 6.43. The summed E-state index contributed by atoms with van der Waals surface area (Å²) in [6, 6.07) is 11.9. The highest BCUT2D eigenvalue weighted by atomic mass is 127. The van der Waals surface area contributed by atoms with Crippen molar-refractivity contribution in [3.05, 3.63) is 64.4 Å². The maximum atomic E-state index is 5.22. The van der Waals surface area contributed by atoms with Crippen molar-refractivity contribution in [1.29, 1.82) is 0 Å². The van der Waals surface area contributed by atoms with Crippen molar-refractivity contribution in [2.75, 3.05) is 5.32 Å². The van der Waals surface area contributed by atoms with Crippen LogP contribution in [0.4, 0.5) is 5.69 Å². The van der Waals surface area contributed by atoms with E-state index in [0.717, 1.165) is 17.3 Å². The standard InChI is InChI=1S/C13H13IN2O/c1-10(15-9-13-3-2-8-17-13)16-12-6-4-11(14)5-7-12/h2-8,15-16H,1,9H2. The molecule has 0 saturated carbocycles. The second-order valence-corrected chi connectivity index (χ2v) is 4.79. The van der Waals surface area contributed by atoms with Gasteiger partial charge >= 0.3 is 0 Å². The van der Waals surface area contributed by atoms with E-state index in [2.05, 4.69) is 39.8 Å². The molecule has 88 valence electrons. The maximum absolute atomic E-state index is 5.22. The van der Waals surface area contributed by atoms with E-state index in [4.69, 9.17) is 4.42 Å². The van der Waals surface area contributed by atoms with Gasteiger partial charge in [0.15, 0.2) is 0 Å². The van der Waals surface area contributed by atoms with E-state index in [0.29, 0.717) is 6.54 Å². The van der Waals surface area contributed by atoms with E-state index in [1.54, 1.807) is 6.26 Å². The number of benzene rings is 1. The van der Waals surface area contributed by atoms with Gasteiger partial charge < -0.3 is 15.1 Å². The summed E-state index contributed by atoms with van der Waals surface area (Å²) in [5.74, 6) is 1.64. The molecule has 2 N–H and O–H groups in total. The highest BCUT2D eigenvalue weighted by Gasteiger charge is 1.97. The second-order valence-electron chi connectivity index (χ2n) is 3.54. The molecule has 0 saturated heterocycles. The van der Waals surface area contributed by atoms with Gasteiger partial charge in [0.1, 0.15) is 5.76 Å². The summed E-state index contributed by atoms with van der Waals surface area (Å²) >= 11 is 2.28. The number of nitrogens with one attached hydrogen (secondary N) is 2. The predicted molar refractivity (Wildman–Crippen MR) is 77.5 cm³/mol. The van der Waals surface area contributed by atoms with Crippen molar-refractivity contribution < 1.29 is 4.42 Å². The second kappa shape index (κ2) is 5.77. The van der Waals surface area contributed by atoms with Crippen LogP contribution in [0.15, 0.2) is 59.5 Å². The molecule has 0 fully saturated rings. The molecule has 1 heterocycles. The summed E-state index contributed by atoms with van der Waals surface area (Å²) in [7, 11) is 0. The zero-order chi connectivity index (χ0) is 12.1. The highest BCUT2D eigenvalue weighted by Crippen LogP contribution is 2.12. The molecule has 0 aliphatic heterocycles. The van der Waals surface area contributed by atoms with Crippen LogP contribution >= 0.6 is 22.6 Å². The molecule has 4 heteroatoms. The Labute approximate surface area is 114 Å². The number of anilines is 1. The Bertz CT molecular complexity index is 477. The third-order valence-corrected chi connectivity index (χ3v) is 2.91. The Hall–Kier alpha value is -1.43. The smallest absolute Gasteiger partial charge is 0.122 e. The molecule has 0 radical (unpaired) electrons. The molecule has 0 bridgehead atoms. The topological polar surface area (TPSA) is 37.2 Å². The van der Waals surface area contributed by atoms with Gasteiger partial charge in [0.05, 0.1) is 18.6 Å². The molecule has 0 atom stereocenters. The molecule has 0 unspecified atom stereocenters. The first-order valence-electron chi connectivity index (χ1n) is 5.22. The monoisotopic (exact) mass is 340 g/mol. The van der Waals surface area contributed by atoms with Crippen molar-refractivity contribution in [2.45, 2.75) is 6.54 Å². The van der Waals surface area contributed by atoms with Crippen molar-refractivity contribution in [3.8, 4) is 0 Å². The minimum atomic E-state index is 0.628. The molecule has 2 aromatic rings. The Morgan fingerprint density at radius 1 is 1.24 bits per heavy atom. The molecule has 0 aliphatic rings. The third-order valence-electron chi connectivity index (χ3n) is 2.20. The maximum Gasteiger partial charge on any atom is 0.122 e. The van der Waals surface area contributed by atoms with E-state index in [9.17, 15) is 0 Å². The summed E-state index contributed by atoms with van der Waals surface area (Å²) in [5, 5.41) is 6.33. The molecule has 1 aromatic heterocycles. The minimum absolute atomic E-state index is 0.628. The fourth-order valence-electron chi connectivity index (χ4n) is 1.36. The summed E-state index contributed by atoms with van der Waals surface area (Å²) in [6.07, 6.45) is 1.66. The van der Waals surface area contributed by atoms with Crippen LogP contribution in [0.1, 0.15) is 5.76 Å². The molecule has 1 aromatic carbocycles. The van der Waals surface area contributed by atoms with Gasteiger partial charge in [0.25, 0.3) is 0 Å². The lowest BCUT2D eigenvalue weighted by Crippen LogP contribution is -2.17. The molecule has 2 rings (SSSR count). The van der Waals surface area contributed by atoms with E-state index in [-0.39, 0.29) is 0 Å². The zero-order valence-electron chi connectivity index (χ0n) is 9.24. The van der Waals surface area contributed by atoms with Crippen molar-refractivity contribution in [1.82, 2.24) is 5.32 Å². The summed E-state index contributed by atoms with van der Waals surface area (Å²) in [5.41, 5.74) is 1.02. The van der Waals surface area contributed by atoms with Crippen molar-refractivity contribution >= 4 is 28.3 Å². The van der Waals surface area contributed by atoms with Gasteiger partial charge in [-0.15, -0.1) is 0 Å². The van der Waals surface area contributed by atoms with Gasteiger partial charge in [-0.2, -0.15) is 0 Å². The van der Waals surface area contributed by atoms with Gasteiger partial charge in [0, 0.05) is 9.26 Å². The molecule has 0 aliphatic carbocycles. The van der Waals surface area contributed by atoms with Gasteiger partial charge in [-0.1, -0.05) is 6.58 Å². The van der Waals surface area contributed by atoms with Crippen LogP contribution in [0.3, 0.4) is 0 Å². The first-order chi connectivity index (χ1) is 8.24. The van der Waals surface area contributed by atoms with Gasteiger partial charge in [-0.05, 0) is 59.0 Å². The SMILES string of the molecule is C=C(NCc1ccco1)Nc1ccc(I)cc1. The van der Waals surface area contributed by atoms with Gasteiger partial charge in [0.2, 0.25) is 0 Å². The lowest BCUT2D eigenvalue weighted by atomic mass is 10.3. The molecule has 3 nitrogen and oxygen atoms in total. The van der Waals surface area contributed by atoms with E-state index in [1.165, 1.54) is 3.57 Å². The Morgan fingerprint density at radius 2 is 2.00 bits per heavy atom. The number of hydrogen-bond donors (Lipinski definition) is 2. The van der Waals surface area contributed by atoms with Gasteiger partial charge in [-0.3, -0.25) is 0 Å². The highest BCUT2D eigenvalue weighted by molar-refractivity contribution is 14.1. The minimum Gasteiger partial charge on any atom is -0.467 e. The fourth-order valence-corrected chi connectivity index (χ4v) is 1.72. The Kier molecular flexibility index (Phi) is 4.08. The predicted octanol–water partition coefficient (Wildman–Crippen LogP) is 3.56. The third kappa shape index (κ3) is 3.81. The Morgan fingerprint density at radius 3 is 2.65 bits per heavy atom. The first kappa shape index (κ1) is 12.0. The average Bonchev–Trinajstić information content (AvgIpc) is 2.83. The quantitative estimate of drug-likeness (QED) is 0.818. The van der Waals surface area contributed by atoms with Crippen molar-refractivity contribution in [2.24, 2.45) is 0 Å². The van der Waals surface area contributed by atoms with Crippen LogP contribution in [0.25, 0.3) is 0 Å². The number of rotatable bonds is 5. The van der Waals surface area contributed by atoms with E-state index < -0.39 is 0 Å². The number of hydrogen-bond acceptors (Lipinski definition) is 3. The lowest BCUT2D eigenvalue weighted by molar-refractivity contribution is 0.496. The van der Waals surface area contributed by atoms with E-state index in [1.807, 2.05) is 36.4 Å². The largest absolute Gasteiger partial charge is 0.467 e. The molecular weight excluding hydrogens is 327 g/mol. The number of halogens is 1. The average molecular weight is 340 g/mol. The first-order valence-corrected chi connectivity index (χ1v) is 6.29. The van der Waals surface area contributed by atoms with Crippen LogP contribution < -0.4 is 10.6 Å². The summed E-state index contributed by atoms with van der Waals surface area (Å²) in [6.45, 7) is 4.53. The van der Waals surface area contributed by atoms with Crippen LogP contribution in [0, 0.1) is 3.57 Å². The van der Waals surface area contributed by atoms with Crippen molar-refractivity contribution in [3.63, 3.8) is 0 Å². The Balaban J connectivity index is 1.83. The molecular formula is C13H13IN2O. The zero-order valence-corrected chi connectivity index (χ0v) is 11.4. The van der Waals surface area contributed by atoms with Crippen LogP contribution in [-0.2, 0) is 6.54 Å². The molecule has 0 spiro atoms. The summed E-state index contributed by atoms with van der Waals surface area (Å²) in [4.78, 5) is 0. The van der Waals surface area contributed by atoms with Gasteiger partial charge in [-0.25, -0.2) is 0 Å². The molecule has 0 amide bonds. The van der Waals surface area contributed by atoms with Crippen LogP contribution in [-0.4, -0.2) is 0 Å². The number of furan rings is 1.